The standard InChI is InChI=1S/C12H14ClFN2O3/c1-2-7(6-17)15-11(18)12(19)16-8-3-4-10(14)9(13)5-8/h3-5,7,17H,2,6H2,1H3,(H,15,18)(H,16,19)/t7-/m0/s1. The summed E-state index contributed by atoms with van der Waals surface area (Å²) >= 11 is 5.55. The second kappa shape index (κ2) is 7.06. The Balaban J connectivity index is 2.63. The summed E-state index contributed by atoms with van der Waals surface area (Å²) in [4.78, 5) is 23.0. The van der Waals surface area contributed by atoms with Crippen LogP contribution in [0.5, 0.6) is 0 Å². The lowest BCUT2D eigenvalue weighted by Crippen LogP contribution is -2.43. The van der Waals surface area contributed by atoms with E-state index in [-0.39, 0.29) is 17.3 Å². The van der Waals surface area contributed by atoms with Gasteiger partial charge in [0.05, 0.1) is 17.7 Å². The molecule has 0 aliphatic heterocycles. The van der Waals surface area contributed by atoms with E-state index >= 15 is 0 Å². The first-order valence-corrected chi connectivity index (χ1v) is 6.03. The molecule has 5 nitrogen and oxygen atoms in total. The smallest absolute Gasteiger partial charge is 0.313 e. The molecule has 0 bridgehead atoms. The fourth-order valence-corrected chi connectivity index (χ4v) is 1.47. The van der Waals surface area contributed by atoms with Crippen LogP contribution in [0.4, 0.5) is 10.1 Å². The molecule has 0 aliphatic carbocycles. The fraction of sp³-hybridized carbons (Fsp3) is 0.333. The maximum atomic E-state index is 12.9. The van der Waals surface area contributed by atoms with Crippen LogP contribution in [0.1, 0.15) is 13.3 Å². The lowest BCUT2D eigenvalue weighted by molar-refractivity contribution is -0.136. The van der Waals surface area contributed by atoms with Crippen molar-refractivity contribution < 1.29 is 19.1 Å². The number of benzene rings is 1. The SMILES string of the molecule is CC[C@@H](CO)NC(=O)C(=O)Nc1ccc(F)c(Cl)c1. The normalized spacial score (nSPS) is 11.8. The summed E-state index contributed by atoms with van der Waals surface area (Å²) in [6.45, 7) is 1.51. The number of halogens is 2. The molecule has 19 heavy (non-hydrogen) atoms. The van der Waals surface area contributed by atoms with Gasteiger partial charge in [-0.05, 0) is 24.6 Å². The quantitative estimate of drug-likeness (QED) is 0.731. The Morgan fingerprint density at radius 2 is 2.11 bits per heavy atom. The number of aliphatic hydroxyl groups is 1. The number of amides is 2. The van der Waals surface area contributed by atoms with E-state index in [1.54, 1.807) is 6.92 Å². The molecule has 0 saturated carbocycles. The molecular weight excluding hydrogens is 275 g/mol. The van der Waals surface area contributed by atoms with Crippen molar-refractivity contribution in [3.63, 3.8) is 0 Å². The van der Waals surface area contributed by atoms with E-state index < -0.39 is 23.7 Å². The molecule has 2 amide bonds. The second-order valence-corrected chi connectivity index (χ2v) is 4.25. The Labute approximate surface area is 114 Å². The number of hydrogen-bond acceptors (Lipinski definition) is 3. The Hall–Kier alpha value is -1.66. The molecule has 1 rings (SSSR count). The van der Waals surface area contributed by atoms with Gasteiger partial charge in [-0.1, -0.05) is 18.5 Å². The van der Waals surface area contributed by atoms with Gasteiger partial charge in [0.15, 0.2) is 0 Å². The molecule has 1 aromatic carbocycles. The summed E-state index contributed by atoms with van der Waals surface area (Å²) in [5.41, 5.74) is 0.212. The molecule has 0 saturated heterocycles. The second-order valence-electron chi connectivity index (χ2n) is 3.84. The van der Waals surface area contributed by atoms with Gasteiger partial charge in [-0.25, -0.2) is 4.39 Å². The van der Waals surface area contributed by atoms with Gasteiger partial charge in [-0.3, -0.25) is 9.59 Å². The summed E-state index contributed by atoms with van der Waals surface area (Å²) < 4.78 is 12.9. The van der Waals surface area contributed by atoms with Crippen molar-refractivity contribution in [2.24, 2.45) is 0 Å². The van der Waals surface area contributed by atoms with Crippen molar-refractivity contribution in [3.8, 4) is 0 Å². The molecule has 0 radical (unpaired) electrons. The maximum Gasteiger partial charge on any atom is 0.313 e. The number of anilines is 1. The van der Waals surface area contributed by atoms with Crippen molar-refractivity contribution in [2.45, 2.75) is 19.4 Å². The highest BCUT2D eigenvalue weighted by Crippen LogP contribution is 2.19. The number of nitrogens with one attached hydrogen (secondary N) is 2. The Bertz CT molecular complexity index is 478. The largest absolute Gasteiger partial charge is 0.394 e. The molecule has 0 aliphatic rings. The Morgan fingerprint density at radius 1 is 1.42 bits per heavy atom. The minimum atomic E-state index is -0.908. The fourth-order valence-electron chi connectivity index (χ4n) is 1.29. The zero-order valence-electron chi connectivity index (χ0n) is 10.2. The third kappa shape index (κ3) is 4.50. The predicted molar refractivity (Wildman–Crippen MR) is 69.3 cm³/mol. The summed E-state index contributed by atoms with van der Waals surface area (Å²) in [6.07, 6.45) is 0.498. The lowest BCUT2D eigenvalue weighted by Gasteiger charge is -2.13. The molecule has 0 heterocycles. The minimum Gasteiger partial charge on any atom is -0.394 e. The first-order valence-electron chi connectivity index (χ1n) is 5.65. The van der Waals surface area contributed by atoms with Gasteiger partial charge in [0.1, 0.15) is 5.82 Å². The third-order valence-corrected chi connectivity index (χ3v) is 2.72. The van der Waals surface area contributed by atoms with E-state index in [1.807, 2.05) is 0 Å². The highest BCUT2D eigenvalue weighted by Gasteiger charge is 2.17. The van der Waals surface area contributed by atoms with Crippen LogP contribution in [-0.2, 0) is 9.59 Å². The van der Waals surface area contributed by atoms with Crippen molar-refractivity contribution >= 4 is 29.1 Å². The van der Waals surface area contributed by atoms with Gasteiger partial charge in [0.2, 0.25) is 0 Å². The number of carbonyl (C=O) groups excluding carboxylic acids is 2. The van der Waals surface area contributed by atoms with Crippen molar-refractivity contribution in [1.29, 1.82) is 0 Å². The van der Waals surface area contributed by atoms with Gasteiger partial charge in [-0.15, -0.1) is 0 Å². The zero-order valence-corrected chi connectivity index (χ0v) is 11.0. The molecule has 0 aromatic heterocycles. The number of hydrogen-bond donors (Lipinski definition) is 3. The van der Waals surface area contributed by atoms with Gasteiger partial charge >= 0.3 is 11.8 Å². The van der Waals surface area contributed by atoms with Gasteiger partial charge < -0.3 is 15.7 Å². The molecular formula is C12H14ClFN2O3. The van der Waals surface area contributed by atoms with Crippen LogP contribution in [0.15, 0.2) is 18.2 Å². The van der Waals surface area contributed by atoms with Crippen LogP contribution >= 0.6 is 11.6 Å². The highest BCUT2D eigenvalue weighted by atomic mass is 35.5. The molecule has 0 spiro atoms. The molecule has 7 heteroatoms. The average molecular weight is 289 g/mol. The molecule has 104 valence electrons. The van der Waals surface area contributed by atoms with Gasteiger partial charge in [0.25, 0.3) is 0 Å². The monoisotopic (exact) mass is 288 g/mol. The molecule has 0 fully saturated rings. The van der Waals surface area contributed by atoms with E-state index in [4.69, 9.17) is 16.7 Å². The van der Waals surface area contributed by atoms with E-state index in [1.165, 1.54) is 12.1 Å². The first-order chi connectivity index (χ1) is 8.97. The van der Waals surface area contributed by atoms with Crippen LogP contribution in [0.25, 0.3) is 0 Å². The summed E-state index contributed by atoms with van der Waals surface area (Å²) in [7, 11) is 0. The topological polar surface area (TPSA) is 78.4 Å². The van der Waals surface area contributed by atoms with Crippen LogP contribution < -0.4 is 10.6 Å². The Morgan fingerprint density at radius 3 is 2.63 bits per heavy atom. The van der Waals surface area contributed by atoms with Crippen LogP contribution in [0, 0.1) is 5.82 Å². The minimum absolute atomic E-state index is 0.153. The zero-order chi connectivity index (χ0) is 14.4. The first kappa shape index (κ1) is 15.4. The molecule has 1 atom stereocenters. The van der Waals surface area contributed by atoms with E-state index in [2.05, 4.69) is 10.6 Å². The van der Waals surface area contributed by atoms with E-state index in [0.717, 1.165) is 6.07 Å². The third-order valence-electron chi connectivity index (χ3n) is 2.43. The highest BCUT2D eigenvalue weighted by molar-refractivity contribution is 6.40. The van der Waals surface area contributed by atoms with Crippen molar-refractivity contribution in [3.05, 3.63) is 29.0 Å². The van der Waals surface area contributed by atoms with Crippen LogP contribution in [0.3, 0.4) is 0 Å². The summed E-state index contributed by atoms with van der Waals surface area (Å²) in [5.74, 6) is -2.40. The predicted octanol–water partition coefficient (Wildman–Crippen LogP) is 1.30. The summed E-state index contributed by atoms with van der Waals surface area (Å²) in [5, 5.41) is 13.4. The van der Waals surface area contributed by atoms with Gasteiger partial charge in [-0.2, -0.15) is 0 Å². The molecule has 1 aromatic rings. The number of carbonyl (C=O) groups is 2. The van der Waals surface area contributed by atoms with Gasteiger partial charge in [0, 0.05) is 5.69 Å². The van der Waals surface area contributed by atoms with Crippen molar-refractivity contribution in [1.82, 2.24) is 5.32 Å². The summed E-state index contributed by atoms with van der Waals surface area (Å²) in [6, 6.07) is 3.09. The van der Waals surface area contributed by atoms with E-state index in [0.29, 0.717) is 6.42 Å². The van der Waals surface area contributed by atoms with Crippen LogP contribution in [0.2, 0.25) is 5.02 Å². The van der Waals surface area contributed by atoms with Crippen LogP contribution in [-0.4, -0.2) is 29.6 Å². The lowest BCUT2D eigenvalue weighted by atomic mass is 10.2. The Kier molecular flexibility index (Phi) is 5.72. The number of rotatable bonds is 4. The molecule has 0 unspecified atom stereocenters. The average Bonchev–Trinajstić information content (AvgIpc) is 2.39. The molecule has 3 N–H and O–H groups in total. The van der Waals surface area contributed by atoms with Crippen molar-refractivity contribution in [2.75, 3.05) is 11.9 Å². The van der Waals surface area contributed by atoms with E-state index in [9.17, 15) is 14.0 Å². The maximum absolute atomic E-state index is 12.9. The number of aliphatic hydroxyl groups excluding tert-OH is 1.